The monoisotopic (exact) mass is 575 g/mol. The van der Waals surface area contributed by atoms with Gasteiger partial charge in [0.05, 0.1) is 39.6 Å². The van der Waals surface area contributed by atoms with Gasteiger partial charge in [-0.2, -0.15) is 0 Å². The van der Waals surface area contributed by atoms with Crippen molar-refractivity contribution >= 4 is 45.8 Å². The second kappa shape index (κ2) is 8.92. The molecular formula is C30H22ClNO9. The van der Waals surface area contributed by atoms with Crippen molar-refractivity contribution in [1.82, 2.24) is 4.98 Å². The smallest absolute Gasteiger partial charge is 0.260 e. The van der Waals surface area contributed by atoms with E-state index in [-0.39, 0.29) is 34.2 Å². The van der Waals surface area contributed by atoms with Gasteiger partial charge < -0.3 is 30.1 Å². The highest BCUT2D eigenvalue weighted by atomic mass is 35.5. The summed E-state index contributed by atoms with van der Waals surface area (Å²) in [5.74, 6) is -5.44. The third-order valence-electron chi connectivity index (χ3n) is 8.16. The van der Waals surface area contributed by atoms with Crippen LogP contribution in [0.2, 0.25) is 5.02 Å². The summed E-state index contributed by atoms with van der Waals surface area (Å²) in [5.41, 5.74) is -4.28. The molecule has 10 nitrogen and oxygen atoms in total. The number of fused-ring (bicyclic) bond motifs is 5. The standard InChI is InChI=1S/C30H22ClNO9/c1-3-4-5-6-11-9-13-16(29(40)32-11)26(37)21-12(22(13)31)7-8-30(21)27(38)19-20(28(30)39)25(36)18-17(24(19)35)14(33)10-15(41-2)23(18)34/h3-6,9-10,27,35-38H,7-8H2,1-2H3,(H,32,40)/b4-3+,6-5+. The Morgan fingerprint density at radius 3 is 2.46 bits per heavy atom. The molecule has 0 bridgehead atoms. The molecule has 208 valence electrons. The molecular weight excluding hydrogens is 554 g/mol. The van der Waals surface area contributed by atoms with Gasteiger partial charge in [-0.1, -0.05) is 29.8 Å². The molecule has 0 aliphatic heterocycles. The van der Waals surface area contributed by atoms with Crippen LogP contribution in [-0.4, -0.2) is 49.9 Å². The van der Waals surface area contributed by atoms with E-state index in [0.717, 1.165) is 13.2 Å². The normalized spacial score (nSPS) is 21.3. The molecule has 5 N–H and O–H groups in total. The Kier molecular flexibility index (Phi) is 5.77. The van der Waals surface area contributed by atoms with Crippen LogP contribution in [0.4, 0.5) is 0 Å². The molecule has 1 aromatic heterocycles. The highest BCUT2D eigenvalue weighted by Crippen LogP contribution is 2.63. The van der Waals surface area contributed by atoms with E-state index in [1.807, 2.05) is 6.92 Å². The largest absolute Gasteiger partial charge is 0.507 e. The molecule has 3 aromatic rings. The number of phenolic OH excluding ortho intramolecular Hbond substituents is 3. The number of carbonyl (C=O) groups is 3. The lowest BCUT2D eigenvalue weighted by molar-refractivity contribution is 0.0627. The summed E-state index contributed by atoms with van der Waals surface area (Å²) in [5, 5.41) is 45.6. The van der Waals surface area contributed by atoms with E-state index in [2.05, 4.69) is 4.98 Å². The van der Waals surface area contributed by atoms with Gasteiger partial charge in [0.1, 0.15) is 23.4 Å². The van der Waals surface area contributed by atoms with Gasteiger partial charge in [0.25, 0.3) is 5.56 Å². The van der Waals surface area contributed by atoms with Crippen LogP contribution in [0.25, 0.3) is 16.8 Å². The Balaban J connectivity index is 1.62. The van der Waals surface area contributed by atoms with Crippen molar-refractivity contribution in [1.29, 1.82) is 0 Å². The third kappa shape index (κ3) is 3.22. The summed E-state index contributed by atoms with van der Waals surface area (Å²) in [4.78, 5) is 55.7. The van der Waals surface area contributed by atoms with Crippen LogP contribution in [0, 0.1) is 0 Å². The van der Waals surface area contributed by atoms with E-state index in [0.29, 0.717) is 11.3 Å². The molecule has 0 saturated carbocycles. The van der Waals surface area contributed by atoms with Gasteiger partial charge in [-0.05, 0) is 37.5 Å². The van der Waals surface area contributed by atoms with Crippen LogP contribution in [0.5, 0.6) is 17.2 Å². The molecule has 3 aliphatic rings. The number of pyridine rings is 1. The lowest BCUT2D eigenvalue weighted by Crippen LogP contribution is -2.34. The lowest BCUT2D eigenvalue weighted by Gasteiger charge is -2.29. The first-order chi connectivity index (χ1) is 19.5. The number of nitrogens with one attached hydrogen (secondary N) is 1. The molecule has 3 aliphatic carbocycles. The number of Topliss-reactive ketones (excluding diaryl/α,β-unsaturated/α-hetero) is 2. The van der Waals surface area contributed by atoms with Crippen LogP contribution >= 0.6 is 11.6 Å². The number of carbonyl (C=O) groups excluding carboxylic acids is 3. The first-order valence-corrected chi connectivity index (χ1v) is 13.0. The van der Waals surface area contributed by atoms with Crippen LogP contribution in [0.3, 0.4) is 0 Å². The summed E-state index contributed by atoms with van der Waals surface area (Å²) in [6.45, 7) is 1.83. The SMILES string of the molecule is C/C=C/C=C/c1cc2c(Cl)c3c(c(O)c2c(=O)[nH]1)C1(CC3)C(=O)c2c(O)c3c(c(O)c2C1O)C(=O)C=C(OC)C3=O. The first-order valence-electron chi connectivity index (χ1n) is 12.6. The number of aromatic hydroxyl groups is 3. The van der Waals surface area contributed by atoms with Crippen LogP contribution in [0.1, 0.15) is 72.9 Å². The maximum atomic E-state index is 14.1. The van der Waals surface area contributed by atoms with E-state index < -0.39 is 79.7 Å². The zero-order valence-corrected chi connectivity index (χ0v) is 22.4. The quantitative estimate of drug-likeness (QED) is 0.229. The van der Waals surface area contributed by atoms with Crippen molar-refractivity contribution in [3.05, 3.63) is 90.6 Å². The molecule has 0 saturated heterocycles. The Morgan fingerprint density at radius 2 is 1.78 bits per heavy atom. The summed E-state index contributed by atoms with van der Waals surface area (Å²) in [6.07, 6.45) is 5.87. The maximum Gasteiger partial charge on any atom is 0.260 e. The molecule has 0 fully saturated rings. The number of aliphatic hydroxyl groups is 1. The Labute approximate surface area is 236 Å². The Bertz CT molecular complexity index is 1930. The molecule has 1 spiro atoms. The number of hydrogen-bond acceptors (Lipinski definition) is 9. The van der Waals surface area contributed by atoms with E-state index in [1.54, 1.807) is 30.4 Å². The van der Waals surface area contributed by atoms with Crippen molar-refractivity contribution in [3.63, 3.8) is 0 Å². The molecule has 2 atom stereocenters. The Hall–Kier alpha value is -4.67. The zero-order valence-electron chi connectivity index (χ0n) is 21.7. The number of aliphatic hydroxyl groups excluding tert-OH is 1. The number of allylic oxidation sites excluding steroid dienone is 5. The summed E-state index contributed by atoms with van der Waals surface area (Å²) < 4.78 is 4.93. The summed E-state index contributed by atoms with van der Waals surface area (Å²) in [7, 11) is 1.14. The predicted molar refractivity (Wildman–Crippen MR) is 148 cm³/mol. The number of ketones is 3. The van der Waals surface area contributed by atoms with E-state index in [1.165, 1.54) is 0 Å². The first kappa shape index (κ1) is 26.5. The molecule has 2 aromatic carbocycles. The minimum Gasteiger partial charge on any atom is -0.507 e. The number of aromatic amines is 1. The predicted octanol–water partition coefficient (Wildman–Crippen LogP) is 3.91. The number of phenols is 3. The van der Waals surface area contributed by atoms with Gasteiger partial charge in [-0.15, -0.1) is 0 Å². The van der Waals surface area contributed by atoms with Gasteiger partial charge in [0, 0.05) is 28.3 Å². The molecule has 0 radical (unpaired) electrons. The number of benzene rings is 2. The topological polar surface area (TPSA) is 174 Å². The maximum absolute atomic E-state index is 14.1. The fourth-order valence-corrected chi connectivity index (χ4v) is 6.71. The van der Waals surface area contributed by atoms with Gasteiger partial charge in [0.2, 0.25) is 5.78 Å². The van der Waals surface area contributed by atoms with Crippen molar-refractivity contribution in [3.8, 4) is 17.2 Å². The average molecular weight is 576 g/mol. The second-order valence-corrected chi connectivity index (χ2v) is 10.5. The molecule has 1 heterocycles. The number of hydrogen-bond donors (Lipinski definition) is 5. The summed E-state index contributed by atoms with van der Waals surface area (Å²) in [6, 6.07) is 1.58. The van der Waals surface area contributed by atoms with Crippen LogP contribution in [0.15, 0.2) is 40.9 Å². The molecule has 2 unspecified atom stereocenters. The number of aromatic nitrogens is 1. The van der Waals surface area contributed by atoms with Gasteiger partial charge in [-0.25, -0.2) is 0 Å². The zero-order chi connectivity index (χ0) is 29.5. The van der Waals surface area contributed by atoms with Gasteiger partial charge >= 0.3 is 0 Å². The number of H-pyrrole nitrogens is 1. The second-order valence-electron chi connectivity index (χ2n) is 10.1. The number of halogens is 1. The number of ether oxygens (including phenoxy) is 1. The molecule has 11 heteroatoms. The van der Waals surface area contributed by atoms with Crippen molar-refractivity contribution in [2.24, 2.45) is 0 Å². The Morgan fingerprint density at radius 1 is 1.05 bits per heavy atom. The van der Waals surface area contributed by atoms with Crippen LogP contribution < -0.4 is 5.56 Å². The third-order valence-corrected chi connectivity index (χ3v) is 8.59. The fraction of sp³-hybridized carbons (Fsp3) is 0.200. The van der Waals surface area contributed by atoms with Crippen LogP contribution in [-0.2, 0) is 16.6 Å². The van der Waals surface area contributed by atoms with Crippen molar-refractivity contribution in [2.45, 2.75) is 31.3 Å². The van der Waals surface area contributed by atoms with E-state index in [9.17, 15) is 39.6 Å². The van der Waals surface area contributed by atoms with Gasteiger partial charge in [-0.3, -0.25) is 19.2 Å². The molecule has 0 amide bonds. The number of rotatable bonds is 3. The minimum absolute atomic E-state index is 0.0967. The highest BCUT2D eigenvalue weighted by molar-refractivity contribution is 6.37. The van der Waals surface area contributed by atoms with E-state index in [4.69, 9.17) is 16.3 Å². The van der Waals surface area contributed by atoms with Crippen molar-refractivity contribution < 1.29 is 39.5 Å². The average Bonchev–Trinajstić information content (AvgIpc) is 3.45. The highest BCUT2D eigenvalue weighted by Gasteiger charge is 2.61. The molecule has 6 rings (SSSR count). The summed E-state index contributed by atoms with van der Waals surface area (Å²) >= 11 is 6.77. The van der Waals surface area contributed by atoms with E-state index >= 15 is 0 Å². The lowest BCUT2D eigenvalue weighted by atomic mass is 9.75. The van der Waals surface area contributed by atoms with Gasteiger partial charge in [0.15, 0.2) is 17.3 Å². The fourth-order valence-electron chi connectivity index (χ4n) is 6.38. The van der Waals surface area contributed by atoms with Crippen molar-refractivity contribution in [2.75, 3.05) is 7.11 Å². The molecule has 41 heavy (non-hydrogen) atoms. The number of methoxy groups -OCH3 is 1. The minimum atomic E-state index is -1.97.